The molecule has 1 aliphatic heterocycles. The molecule has 1 saturated heterocycles. The van der Waals surface area contributed by atoms with E-state index in [2.05, 4.69) is 20.5 Å². The first-order chi connectivity index (χ1) is 8.68. The standard InChI is InChI=1S/C10H15N5O3/c16-9(17)7-2-1-5-15(7)10(18)11-4-3-8-12-6-13-14-8/h6-7H,1-5H2,(H,11,18)(H,16,17)(H,12,13,14)/t7-/m0/s1. The average Bonchev–Trinajstić information content (AvgIpc) is 2.99. The first-order valence-corrected chi connectivity index (χ1v) is 5.80. The molecule has 2 amide bonds. The molecule has 0 spiro atoms. The van der Waals surface area contributed by atoms with Crippen LogP contribution in [-0.4, -0.2) is 56.3 Å². The van der Waals surface area contributed by atoms with E-state index in [1.165, 1.54) is 11.2 Å². The Balaban J connectivity index is 1.79. The SMILES string of the molecule is O=C(O)[C@@H]1CCCN1C(=O)NCCc1ncn[nH]1. The van der Waals surface area contributed by atoms with Gasteiger partial charge >= 0.3 is 12.0 Å². The van der Waals surface area contributed by atoms with Crippen LogP contribution in [0.1, 0.15) is 18.7 Å². The number of likely N-dealkylation sites (tertiary alicyclic amines) is 1. The predicted octanol–water partition coefficient (Wildman–Crippen LogP) is -0.394. The van der Waals surface area contributed by atoms with Gasteiger partial charge < -0.3 is 15.3 Å². The van der Waals surface area contributed by atoms with Crippen molar-refractivity contribution in [3.63, 3.8) is 0 Å². The van der Waals surface area contributed by atoms with Crippen molar-refractivity contribution >= 4 is 12.0 Å². The zero-order chi connectivity index (χ0) is 13.0. The number of aliphatic carboxylic acids is 1. The number of nitrogens with one attached hydrogen (secondary N) is 2. The third-order valence-electron chi connectivity index (χ3n) is 2.90. The van der Waals surface area contributed by atoms with Crippen LogP contribution in [0.5, 0.6) is 0 Å². The second kappa shape index (κ2) is 5.48. The first-order valence-electron chi connectivity index (χ1n) is 5.80. The summed E-state index contributed by atoms with van der Waals surface area (Å²) in [7, 11) is 0. The van der Waals surface area contributed by atoms with Gasteiger partial charge in [0.2, 0.25) is 0 Å². The van der Waals surface area contributed by atoms with Crippen LogP contribution in [0.25, 0.3) is 0 Å². The van der Waals surface area contributed by atoms with Crippen LogP contribution in [0.4, 0.5) is 4.79 Å². The number of H-pyrrole nitrogens is 1. The first kappa shape index (κ1) is 12.3. The number of hydrogen-bond acceptors (Lipinski definition) is 4. The summed E-state index contributed by atoms with van der Waals surface area (Å²) >= 11 is 0. The lowest BCUT2D eigenvalue weighted by molar-refractivity contribution is -0.141. The topological polar surface area (TPSA) is 111 Å². The molecule has 8 nitrogen and oxygen atoms in total. The number of aromatic amines is 1. The highest BCUT2D eigenvalue weighted by atomic mass is 16.4. The third kappa shape index (κ3) is 2.76. The Labute approximate surface area is 103 Å². The fourth-order valence-corrected chi connectivity index (χ4v) is 2.01. The van der Waals surface area contributed by atoms with E-state index in [1.807, 2.05) is 0 Å². The normalized spacial score (nSPS) is 18.9. The molecule has 2 rings (SSSR count). The summed E-state index contributed by atoms with van der Waals surface area (Å²) in [6.45, 7) is 0.891. The van der Waals surface area contributed by atoms with Gasteiger partial charge in [0.1, 0.15) is 18.2 Å². The minimum Gasteiger partial charge on any atom is -0.480 e. The Bertz CT molecular complexity index is 419. The van der Waals surface area contributed by atoms with Crippen LogP contribution < -0.4 is 5.32 Å². The van der Waals surface area contributed by atoms with Gasteiger partial charge in [0.15, 0.2) is 0 Å². The van der Waals surface area contributed by atoms with Gasteiger partial charge in [-0.25, -0.2) is 14.6 Å². The van der Waals surface area contributed by atoms with E-state index < -0.39 is 12.0 Å². The number of carboxylic acids is 1. The molecule has 18 heavy (non-hydrogen) atoms. The van der Waals surface area contributed by atoms with Gasteiger partial charge in [-0.1, -0.05) is 0 Å². The van der Waals surface area contributed by atoms with Crippen LogP contribution in [-0.2, 0) is 11.2 Å². The summed E-state index contributed by atoms with van der Waals surface area (Å²) in [5.74, 6) is -0.260. The molecule has 8 heteroatoms. The van der Waals surface area contributed by atoms with Crippen LogP contribution in [0.15, 0.2) is 6.33 Å². The fraction of sp³-hybridized carbons (Fsp3) is 0.600. The van der Waals surface area contributed by atoms with Crippen LogP contribution in [0.2, 0.25) is 0 Å². The van der Waals surface area contributed by atoms with E-state index in [1.54, 1.807) is 0 Å². The zero-order valence-electron chi connectivity index (χ0n) is 9.80. The largest absolute Gasteiger partial charge is 0.480 e. The minimum atomic E-state index is -0.946. The maximum absolute atomic E-state index is 11.8. The summed E-state index contributed by atoms with van der Waals surface area (Å²) in [4.78, 5) is 28.0. The van der Waals surface area contributed by atoms with Crippen LogP contribution in [0.3, 0.4) is 0 Å². The number of carboxylic acid groups (broad SMARTS) is 1. The lowest BCUT2D eigenvalue weighted by Crippen LogP contribution is -2.46. The van der Waals surface area contributed by atoms with Crippen molar-refractivity contribution < 1.29 is 14.7 Å². The van der Waals surface area contributed by atoms with Gasteiger partial charge in [0, 0.05) is 19.5 Å². The van der Waals surface area contributed by atoms with Crippen molar-refractivity contribution in [2.45, 2.75) is 25.3 Å². The Morgan fingerprint density at radius 2 is 2.44 bits per heavy atom. The number of aromatic nitrogens is 3. The Kier molecular flexibility index (Phi) is 3.75. The number of carbonyl (C=O) groups is 2. The van der Waals surface area contributed by atoms with E-state index in [0.717, 1.165) is 6.42 Å². The molecule has 1 atom stereocenters. The highest BCUT2D eigenvalue weighted by Gasteiger charge is 2.33. The van der Waals surface area contributed by atoms with E-state index in [4.69, 9.17) is 5.11 Å². The zero-order valence-corrected chi connectivity index (χ0v) is 9.80. The maximum atomic E-state index is 11.8. The second-order valence-electron chi connectivity index (χ2n) is 4.10. The maximum Gasteiger partial charge on any atom is 0.326 e. The number of carbonyl (C=O) groups excluding carboxylic acids is 1. The third-order valence-corrected chi connectivity index (χ3v) is 2.90. The minimum absolute atomic E-state index is 0.334. The monoisotopic (exact) mass is 253 g/mol. The molecule has 0 saturated carbocycles. The van der Waals surface area contributed by atoms with Crippen molar-refractivity contribution in [2.24, 2.45) is 0 Å². The van der Waals surface area contributed by atoms with Gasteiger partial charge in [0.25, 0.3) is 0 Å². The van der Waals surface area contributed by atoms with Crippen molar-refractivity contribution in [3.8, 4) is 0 Å². The number of urea groups is 1. The lowest BCUT2D eigenvalue weighted by atomic mass is 10.2. The molecule has 0 bridgehead atoms. The van der Waals surface area contributed by atoms with Gasteiger partial charge in [-0.3, -0.25) is 5.10 Å². The van der Waals surface area contributed by atoms with Crippen LogP contribution >= 0.6 is 0 Å². The van der Waals surface area contributed by atoms with E-state index in [-0.39, 0.29) is 6.03 Å². The fourth-order valence-electron chi connectivity index (χ4n) is 2.01. The molecule has 1 fully saturated rings. The molecule has 1 aromatic rings. The second-order valence-corrected chi connectivity index (χ2v) is 4.10. The number of amides is 2. The van der Waals surface area contributed by atoms with Crippen LogP contribution in [0, 0.1) is 0 Å². The average molecular weight is 253 g/mol. The summed E-state index contributed by atoms with van der Waals surface area (Å²) in [6, 6.07) is -1.03. The Hall–Kier alpha value is -2.12. The molecule has 98 valence electrons. The summed E-state index contributed by atoms with van der Waals surface area (Å²) in [5, 5.41) is 18.0. The van der Waals surface area contributed by atoms with Crippen molar-refractivity contribution in [1.82, 2.24) is 25.4 Å². The number of nitrogens with zero attached hydrogens (tertiary/aromatic N) is 3. The highest BCUT2D eigenvalue weighted by Crippen LogP contribution is 2.17. The smallest absolute Gasteiger partial charge is 0.326 e. The molecular weight excluding hydrogens is 238 g/mol. The van der Waals surface area contributed by atoms with Crippen molar-refractivity contribution in [3.05, 3.63) is 12.2 Å². The van der Waals surface area contributed by atoms with E-state index in [0.29, 0.717) is 31.8 Å². The molecule has 0 aliphatic carbocycles. The number of rotatable bonds is 4. The Morgan fingerprint density at radius 1 is 1.61 bits per heavy atom. The summed E-state index contributed by atoms with van der Waals surface area (Å²) < 4.78 is 0. The summed E-state index contributed by atoms with van der Waals surface area (Å²) in [6.07, 6.45) is 3.19. The Morgan fingerprint density at radius 3 is 3.11 bits per heavy atom. The highest BCUT2D eigenvalue weighted by molar-refractivity contribution is 5.83. The van der Waals surface area contributed by atoms with Crippen molar-refractivity contribution in [2.75, 3.05) is 13.1 Å². The van der Waals surface area contributed by atoms with Gasteiger partial charge in [0.05, 0.1) is 0 Å². The molecule has 2 heterocycles. The van der Waals surface area contributed by atoms with Gasteiger partial charge in [-0.15, -0.1) is 0 Å². The van der Waals surface area contributed by atoms with Crippen molar-refractivity contribution in [1.29, 1.82) is 0 Å². The van der Waals surface area contributed by atoms with Gasteiger partial charge in [-0.05, 0) is 12.8 Å². The molecule has 1 aliphatic rings. The molecule has 1 aromatic heterocycles. The van der Waals surface area contributed by atoms with E-state index in [9.17, 15) is 9.59 Å². The lowest BCUT2D eigenvalue weighted by Gasteiger charge is -2.21. The molecule has 0 aromatic carbocycles. The molecular formula is C10H15N5O3. The molecule has 0 radical (unpaired) electrons. The van der Waals surface area contributed by atoms with Gasteiger partial charge in [-0.2, -0.15) is 5.10 Å². The molecule has 3 N–H and O–H groups in total. The van der Waals surface area contributed by atoms with E-state index >= 15 is 0 Å². The predicted molar refractivity (Wildman–Crippen MR) is 60.8 cm³/mol. The quantitative estimate of drug-likeness (QED) is 0.676. The number of hydrogen-bond donors (Lipinski definition) is 3. The molecule has 0 unspecified atom stereocenters. The summed E-state index contributed by atoms with van der Waals surface area (Å²) in [5.41, 5.74) is 0.